The zero-order chi connectivity index (χ0) is 24.4. The number of benzene rings is 3. The lowest BCUT2D eigenvalue weighted by Crippen LogP contribution is -2.14. The number of methoxy groups -OCH3 is 6. The number of carbonyl (C=O) groups is 1. The molecule has 2 atom stereocenters. The van der Waals surface area contributed by atoms with Gasteiger partial charge in [0.25, 0.3) is 0 Å². The molecule has 4 rings (SSSR count). The standard InChI is InChI=1S/C27H28O7/c1-29-17-9-16(10-18(12-17)30-2)25-24(15-7-8-21(32-4)22(11-15)33-5)26-20(27(25)28)13-19(31-3)14-23(26)34-6/h7-14,24-25H,1-6H3/t24-,25?/m1/s1. The van der Waals surface area contributed by atoms with Crippen LogP contribution >= 0.6 is 0 Å². The maximum absolute atomic E-state index is 13.9. The van der Waals surface area contributed by atoms with E-state index in [1.807, 2.05) is 30.3 Å². The molecule has 0 heterocycles. The molecule has 34 heavy (non-hydrogen) atoms. The Morgan fingerprint density at radius 2 is 1.12 bits per heavy atom. The minimum Gasteiger partial charge on any atom is -0.497 e. The zero-order valence-corrected chi connectivity index (χ0v) is 20.1. The minimum absolute atomic E-state index is 0.0395. The van der Waals surface area contributed by atoms with Gasteiger partial charge in [0.1, 0.15) is 23.0 Å². The van der Waals surface area contributed by atoms with Crippen LogP contribution in [0.1, 0.15) is 38.9 Å². The Morgan fingerprint density at radius 3 is 1.68 bits per heavy atom. The molecule has 0 aliphatic heterocycles. The number of ether oxygens (including phenoxy) is 6. The second-order valence-corrected chi connectivity index (χ2v) is 7.87. The van der Waals surface area contributed by atoms with Crippen molar-refractivity contribution in [2.75, 3.05) is 42.7 Å². The number of hydrogen-bond donors (Lipinski definition) is 0. The summed E-state index contributed by atoms with van der Waals surface area (Å²) in [7, 11) is 9.51. The molecule has 0 spiro atoms. The van der Waals surface area contributed by atoms with Crippen molar-refractivity contribution in [2.45, 2.75) is 11.8 Å². The van der Waals surface area contributed by atoms with E-state index in [2.05, 4.69) is 0 Å². The maximum atomic E-state index is 13.9. The first-order valence-electron chi connectivity index (χ1n) is 10.7. The van der Waals surface area contributed by atoms with E-state index in [1.165, 1.54) is 0 Å². The van der Waals surface area contributed by atoms with Crippen molar-refractivity contribution >= 4 is 5.78 Å². The molecule has 0 amide bonds. The highest BCUT2D eigenvalue weighted by atomic mass is 16.5. The van der Waals surface area contributed by atoms with Gasteiger partial charge in [-0.2, -0.15) is 0 Å². The van der Waals surface area contributed by atoms with Gasteiger partial charge in [-0.25, -0.2) is 0 Å². The van der Waals surface area contributed by atoms with Crippen LogP contribution in [0.5, 0.6) is 34.5 Å². The average Bonchev–Trinajstić information content (AvgIpc) is 3.19. The van der Waals surface area contributed by atoms with Crippen LogP contribution in [-0.4, -0.2) is 48.4 Å². The molecule has 1 aliphatic carbocycles. The Balaban J connectivity index is 2.00. The molecule has 7 heteroatoms. The first kappa shape index (κ1) is 23.3. The summed E-state index contributed by atoms with van der Waals surface area (Å²) in [5.41, 5.74) is 3.02. The van der Waals surface area contributed by atoms with Crippen LogP contribution < -0.4 is 28.4 Å². The second-order valence-electron chi connectivity index (χ2n) is 7.87. The van der Waals surface area contributed by atoms with Crippen LogP contribution in [0.3, 0.4) is 0 Å². The number of Topliss-reactive ketones (excluding diaryl/α,β-unsaturated/α-hetero) is 1. The van der Waals surface area contributed by atoms with Crippen LogP contribution in [-0.2, 0) is 0 Å². The monoisotopic (exact) mass is 464 g/mol. The predicted molar refractivity (Wildman–Crippen MR) is 128 cm³/mol. The third kappa shape index (κ3) is 3.87. The number of fused-ring (bicyclic) bond motifs is 1. The molecule has 1 unspecified atom stereocenters. The summed E-state index contributed by atoms with van der Waals surface area (Å²) < 4.78 is 33.1. The number of hydrogen-bond acceptors (Lipinski definition) is 7. The molecule has 178 valence electrons. The summed E-state index contributed by atoms with van der Waals surface area (Å²) in [6.45, 7) is 0. The molecule has 1 aliphatic rings. The van der Waals surface area contributed by atoms with E-state index in [0.29, 0.717) is 40.1 Å². The maximum Gasteiger partial charge on any atom is 0.171 e. The van der Waals surface area contributed by atoms with E-state index >= 15 is 0 Å². The van der Waals surface area contributed by atoms with Crippen LogP contribution in [0.4, 0.5) is 0 Å². The zero-order valence-electron chi connectivity index (χ0n) is 20.1. The molecule has 0 aromatic heterocycles. The van der Waals surface area contributed by atoms with Gasteiger partial charge < -0.3 is 28.4 Å². The van der Waals surface area contributed by atoms with Gasteiger partial charge in [-0.05, 0) is 41.5 Å². The summed E-state index contributed by atoms with van der Waals surface area (Å²) in [6, 6.07) is 14.8. The van der Waals surface area contributed by atoms with E-state index in [0.717, 1.165) is 16.7 Å². The SMILES string of the molecule is COc1cc(OC)cc(C2C(=O)c3cc(OC)cc(OC)c3[C@@H]2c2ccc(OC)c(OC)c2)c1. The van der Waals surface area contributed by atoms with Crippen LogP contribution in [0.2, 0.25) is 0 Å². The van der Waals surface area contributed by atoms with E-state index in [-0.39, 0.29) is 11.7 Å². The Labute approximate surface area is 199 Å². The summed E-state index contributed by atoms with van der Waals surface area (Å²) in [6.07, 6.45) is 0. The molecule has 0 N–H and O–H groups in total. The fourth-order valence-corrected chi connectivity index (χ4v) is 4.66. The van der Waals surface area contributed by atoms with Crippen molar-refractivity contribution in [3.63, 3.8) is 0 Å². The summed E-state index contributed by atoms with van der Waals surface area (Å²) >= 11 is 0. The number of rotatable bonds is 8. The molecule has 0 radical (unpaired) electrons. The largest absolute Gasteiger partial charge is 0.497 e. The topological polar surface area (TPSA) is 72.5 Å². The molecule has 0 bridgehead atoms. The first-order valence-corrected chi connectivity index (χ1v) is 10.7. The normalized spacial score (nSPS) is 16.6. The highest BCUT2D eigenvalue weighted by Crippen LogP contribution is 2.53. The predicted octanol–water partition coefficient (Wildman–Crippen LogP) is 4.85. The highest BCUT2D eigenvalue weighted by molar-refractivity contribution is 6.08. The summed E-state index contributed by atoms with van der Waals surface area (Å²) in [5.74, 6) is 2.61. The highest BCUT2D eigenvalue weighted by Gasteiger charge is 2.44. The first-order chi connectivity index (χ1) is 16.5. The number of ketones is 1. The molecular weight excluding hydrogens is 436 g/mol. The van der Waals surface area contributed by atoms with Gasteiger partial charge in [0.05, 0.1) is 48.6 Å². The van der Waals surface area contributed by atoms with Crippen LogP contribution in [0.25, 0.3) is 0 Å². The fraction of sp³-hybridized carbons (Fsp3) is 0.296. The lowest BCUT2D eigenvalue weighted by molar-refractivity contribution is 0.0968. The smallest absolute Gasteiger partial charge is 0.171 e. The quantitative estimate of drug-likeness (QED) is 0.472. The van der Waals surface area contributed by atoms with E-state index in [1.54, 1.807) is 60.9 Å². The number of carbonyl (C=O) groups excluding carboxylic acids is 1. The van der Waals surface area contributed by atoms with Gasteiger partial charge in [-0.3, -0.25) is 4.79 Å². The Morgan fingerprint density at radius 1 is 0.529 bits per heavy atom. The molecule has 0 saturated heterocycles. The van der Waals surface area contributed by atoms with E-state index in [4.69, 9.17) is 28.4 Å². The molecule has 7 nitrogen and oxygen atoms in total. The van der Waals surface area contributed by atoms with Crippen molar-refractivity contribution in [3.8, 4) is 34.5 Å². The van der Waals surface area contributed by atoms with Crippen molar-refractivity contribution in [1.29, 1.82) is 0 Å². The Kier molecular flexibility index (Phi) is 6.54. The molecule has 0 fully saturated rings. The van der Waals surface area contributed by atoms with Crippen molar-refractivity contribution in [1.82, 2.24) is 0 Å². The van der Waals surface area contributed by atoms with Crippen LogP contribution in [0.15, 0.2) is 48.5 Å². The van der Waals surface area contributed by atoms with Gasteiger partial charge in [-0.1, -0.05) is 6.07 Å². The van der Waals surface area contributed by atoms with Crippen molar-refractivity contribution in [3.05, 3.63) is 70.8 Å². The Bertz CT molecular complexity index is 1200. The van der Waals surface area contributed by atoms with Gasteiger partial charge >= 0.3 is 0 Å². The summed E-state index contributed by atoms with van der Waals surface area (Å²) in [5, 5.41) is 0. The van der Waals surface area contributed by atoms with Crippen molar-refractivity contribution < 1.29 is 33.2 Å². The van der Waals surface area contributed by atoms with E-state index < -0.39 is 5.92 Å². The average molecular weight is 465 g/mol. The summed E-state index contributed by atoms with van der Waals surface area (Å²) in [4.78, 5) is 13.9. The fourth-order valence-electron chi connectivity index (χ4n) is 4.66. The third-order valence-corrected chi connectivity index (χ3v) is 6.26. The third-order valence-electron chi connectivity index (χ3n) is 6.26. The lowest BCUT2D eigenvalue weighted by atomic mass is 9.81. The van der Waals surface area contributed by atoms with Gasteiger partial charge in [0.2, 0.25) is 0 Å². The van der Waals surface area contributed by atoms with Gasteiger partial charge in [-0.15, -0.1) is 0 Å². The van der Waals surface area contributed by atoms with Crippen molar-refractivity contribution in [2.24, 2.45) is 0 Å². The Hall–Kier alpha value is -3.87. The molecule has 3 aromatic carbocycles. The molecule has 0 saturated carbocycles. The molecular formula is C27H28O7. The van der Waals surface area contributed by atoms with Gasteiger partial charge in [0, 0.05) is 29.2 Å². The second kappa shape index (κ2) is 9.55. The van der Waals surface area contributed by atoms with Crippen LogP contribution in [0, 0.1) is 0 Å². The van der Waals surface area contributed by atoms with Gasteiger partial charge in [0.15, 0.2) is 17.3 Å². The minimum atomic E-state index is -0.543. The van der Waals surface area contributed by atoms with E-state index in [9.17, 15) is 4.79 Å². The molecule has 3 aromatic rings. The lowest BCUT2D eigenvalue weighted by Gasteiger charge is -2.23.